The fraction of sp³-hybridized carbons (Fsp3) is 0.143. The van der Waals surface area contributed by atoms with Crippen LogP contribution in [0.1, 0.15) is 11.4 Å². The van der Waals surface area contributed by atoms with Crippen molar-refractivity contribution in [2.75, 3.05) is 0 Å². The molecule has 0 fully saturated rings. The molecule has 2 aromatic heterocycles. The zero-order chi connectivity index (χ0) is 19.6. The van der Waals surface area contributed by atoms with Crippen molar-refractivity contribution < 1.29 is 17.9 Å². The van der Waals surface area contributed by atoms with Crippen LogP contribution >= 0.6 is 0 Å². The summed E-state index contributed by atoms with van der Waals surface area (Å²) >= 11 is 0. The van der Waals surface area contributed by atoms with E-state index in [0.29, 0.717) is 0 Å². The molecule has 0 aliphatic heterocycles. The predicted molar refractivity (Wildman–Crippen MR) is 99.9 cm³/mol. The maximum absolute atomic E-state index is 12.3. The maximum Gasteiger partial charge on any atom is 0.573 e. The van der Waals surface area contributed by atoms with Crippen molar-refractivity contribution in [3.63, 3.8) is 0 Å². The Labute approximate surface area is 159 Å². The second-order valence-corrected chi connectivity index (χ2v) is 6.34. The van der Waals surface area contributed by atoms with E-state index in [-0.39, 0.29) is 5.75 Å². The first kappa shape index (κ1) is 18.0. The molecule has 0 spiro atoms. The van der Waals surface area contributed by atoms with E-state index >= 15 is 0 Å². The van der Waals surface area contributed by atoms with Gasteiger partial charge in [-0.05, 0) is 42.7 Å². The SMILES string of the molecule is FC(F)(F)Oc1ccc(-c2cccc3cc(CCc4ccncn4)[nH]c23)cc1. The molecule has 4 rings (SSSR count). The van der Waals surface area contributed by atoms with Gasteiger partial charge in [-0.2, -0.15) is 0 Å². The lowest BCUT2D eigenvalue weighted by Gasteiger charge is -2.09. The summed E-state index contributed by atoms with van der Waals surface area (Å²) in [7, 11) is 0. The Hall–Kier alpha value is -3.35. The van der Waals surface area contributed by atoms with Crippen molar-refractivity contribution >= 4 is 10.9 Å². The van der Waals surface area contributed by atoms with E-state index < -0.39 is 6.36 Å². The van der Waals surface area contributed by atoms with Gasteiger partial charge in [-0.25, -0.2) is 9.97 Å². The monoisotopic (exact) mass is 383 g/mol. The second kappa shape index (κ2) is 7.34. The number of ether oxygens (including phenoxy) is 1. The summed E-state index contributed by atoms with van der Waals surface area (Å²) in [6.45, 7) is 0. The topological polar surface area (TPSA) is 50.8 Å². The summed E-state index contributed by atoms with van der Waals surface area (Å²) in [5.41, 5.74) is 4.71. The van der Waals surface area contributed by atoms with Crippen molar-refractivity contribution in [3.05, 3.63) is 78.5 Å². The number of nitrogens with one attached hydrogen (secondary N) is 1. The molecule has 142 valence electrons. The van der Waals surface area contributed by atoms with Gasteiger partial charge in [-0.15, -0.1) is 13.2 Å². The lowest BCUT2D eigenvalue weighted by molar-refractivity contribution is -0.274. The smallest absolute Gasteiger partial charge is 0.406 e. The molecule has 2 heterocycles. The Bertz CT molecular complexity index is 1070. The van der Waals surface area contributed by atoms with Gasteiger partial charge in [0.15, 0.2) is 0 Å². The molecule has 0 aliphatic carbocycles. The molecular formula is C21H16F3N3O. The first-order chi connectivity index (χ1) is 13.5. The number of hydrogen-bond donors (Lipinski definition) is 1. The first-order valence-electron chi connectivity index (χ1n) is 8.70. The number of para-hydroxylation sites is 1. The number of H-pyrrole nitrogens is 1. The number of alkyl halides is 3. The number of halogens is 3. The van der Waals surface area contributed by atoms with Crippen LogP contribution in [-0.2, 0) is 12.8 Å². The normalized spacial score (nSPS) is 11.7. The minimum absolute atomic E-state index is 0.236. The molecule has 7 heteroatoms. The Balaban J connectivity index is 1.58. The van der Waals surface area contributed by atoms with Crippen molar-refractivity contribution in [2.45, 2.75) is 19.2 Å². The van der Waals surface area contributed by atoms with Crippen LogP contribution in [0.15, 0.2) is 67.1 Å². The van der Waals surface area contributed by atoms with Gasteiger partial charge in [0.25, 0.3) is 0 Å². The minimum Gasteiger partial charge on any atom is -0.406 e. The molecule has 0 bridgehead atoms. The summed E-state index contributed by atoms with van der Waals surface area (Å²) < 4.78 is 40.9. The van der Waals surface area contributed by atoms with Gasteiger partial charge in [0, 0.05) is 28.5 Å². The van der Waals surface area contributed by atoms with Gasteiger partial charge in [0.05, 0.1) is 5.52 Å². The van der Waals surface area contributed by atoms with Crippen LogP contribution in [0.25, 0.3) is 22.0 Å². The van der Waals surface area contributed by atoms with Gasteiger partial charge in [0.1, 0.15) is 12.1 Å². The van der Waals surface area contributed by atoms with E-state index in [4.69, 9.17) is 0 Å². The van der Waals surface area contributed by atoms with Crippen LogP contribution < -0.4 is 4.74 Å². The van der Waals surface area contributed by atoms with Crippen molar-refractivity contribution in [1.29, 1.82) is 0 Å². The van der Waals surface area contributed by atoms with E-state index in [0.717, 1.165) is 46.3 Å². The number of rotatable bonds is 5. The number of aryl methyl sites for hydroxylation is 2. The van der Waals surface area contributed by atoms with Crippen molar-refractivity contribution in [2.24, 2.45) is 0 Å². The van der Waals surface area contributed by atoms with Crippen LogP contribution in [0, 0.1) is 0 Å². The number of nitrogens with zero attached hydrogens (tertiary/aromatic N) is 2. The number of aromatic amines is 1. The molecule has 0 unspecified atom stereocenters. The zero-order valence-electron chi connectivity index (χ0n) is 14.7. The molecule has 0 saturated carbocycles. The lowest BCUT2D eigenvalue weighted by atomic mass is 10.0. The molecule has 4 nitrogen and oxygen atoms in total. The quantitative estimate of drug-likeness (QED) is 0.508. The Kier molecular flexibility index (Phi) is 4.73. The molecule has 0 aliphatic rings. The molecule has 28 heavy (non-hydrogen) atoms. The fourth-order valence-corrected chi connectivity index (χ4v) is 3.15. The van der Waals surface area contributed by atoms with Crippen molar-refractivity contribution in [3.8, 4) is 16.9 Å². The molecule has 0 saturated heterocycles. The molecule has 1 N–H and O–H groups in total. The van der Waals surface area contributed by atoms with Gasteiger partial charge in [-0.1, -0.05) is 30.3 Å². The predicted octanol–water partition coefficient (Wildman–Crippen LogP) is 5.31. The summed E-state index contributed by atoms with van der Waals surface area (Å²) in [5.74, 6) is -0.236. The van der Waals surface area contributed by atoms with E-state index in [2.05, 4.69) is 25.8 Å². The summed E-state index contributed by atoms with van der Waals surface area (Å²) in [6, 6.07) is 15.7. The third-order valence-corrected chi connectivity index (χ3v) is 4.40. The molecular weight excluding hydrogens is 367 g/mol. The number of hydrogen-bond acceptors (Lipinski definition) is 3. The highest BCUT2D eigenvalue weighted by Gasteiger charge is 2.31. The summed E-state index contributed by atoms with van der Waals surface area (Å²) in [4.78, 5) is 11.6. The average molecular weight is 383 g/mol. The van der Waals surface area contributed by atoms with E-state index in [1.54, 1.807) is 18.3 Å². The minimum atomic E-state index is -4.69. The third-order valence-electron chi connectivity index (χ3n) is 4.40. The van der Waals surface area contributed by atoms with Crippen LogP contribution in [0.3, 0.4) is 0 Å². The van der Waals surface area contributed by atoms with Crippen LogP contribution in [-0.4, -0.2) is 21.3 Å². The van der Waals surface area contributed by atoms with Crippen LogP contribution in [0.2, 0.25) is 0 Å². The molecule has 4 aromatic rings. The lowest BCUT2D eigenvalue weighted by Crippen LogP contribution is -2.16. The third kappa shape index (κ3) is 4.14. The number of aromatic nitrogens is 3. The first-order valence-corrected chi connectivity index (χ1v) is 8.70. The summed E-state index contributed by atoms with van der Waals surface area (Å²) in [5, 5.41) is 1.05. The Morgan fingerprint density at radius 3 is 2.50 bits per heavy atom. The average Bonchev–Trinajstić information content (AvgIpc) is 3.10. The summed E-state index contributed by atoms with van der Waals surface area (Å²) in [6.07, 6.45) is 0.139. The zero-order valence-corrected chi connectivity index (χ0v) is 14.7. The fourth-order valence-electron chi connectivity index (χ4n) is 3.15. The molecule has 0 amide bonds. The van der Waals surface area contributed by atoms with E-state index in [9.17, 15) is 13.2 Å². The maximum atomic E-state index is 12.3. The largest absolute Gasteiger partial charge is 0.573 e. The highest BCUT2D eigenvalue weighted by Crippen LogP contribution is 2.31. The second-order valence-electron chi connectivity index (χ2n) is 6.34. The van der Waals surface area contributed by atoms with Crippen molar-refractivity contribution in [1.82, 2.24) is 15.0 Å². The highest BCUT2D eigenvalue weighted by atomic mass is 19.4. The highest BCUT2D eigenvalue weighted by molar-refractivity contribution is 5.94. The van der Waals surface area contributed by atoms with E-state index in [1.807, 2.05) is 24.3 Å². The van der Waals surface area contributed by atoms with Gasteiger partial charge < -0.3 is 9.72 Å². The standard InChI is InChI=1S/C21H16F3N3O/c22-21(23,24)28-18-8-4-14(5-9-18)19-3-1-2-15-12-17(27-20(15)19)7-6-16-10-11-25-13-26-16/h1-5,8-13,27H,6-7H2. The Morgan fingerprint density at radius 1 is 0.964 bits per heavy atom. The number of fused-ring (bicyclic) bond motifs is 1. The van der Waals surface area contributed by atoms with Gasteiger partial charge in [0.2, 0.25) is 0 Å². The molecule has 0 radical (unpaired) electrons. The van der Waals surface area contributed by atoms with Crippen LogP contribution in [0.4, 0.5) is 13.2 Å². The molecule has 0 atom stereocenters. The Morgan fingerprint density at radius 2 is 1.79 bits per heavy atom. The molecule has 2 aromatic carbocycles. The van der Waals surface area contributed by atoms with Gasteiger partial charge >= 0.3 is 6.36 Å². The number of benzene rings is 2. The van der Waals surface area contributed by atoms with Gasteiger partial charge in [-0.3, -0.25) is 0 Å². The van der Waals surface area contributed by atoms with E-state index in [1.165, 1.54) is 18.5 Å². The van der Waals surface area contributed by atoms with Crippen LogP contribution in [0.5, 0.6) is 5.75 Å².